The number of nitrogens with zero attached hydrogens (tertiary/aromatic N) is 10. The SMILES string of the molecule is c1ccc(-c2nc(-c3ccc4ccccc4c3)nc(-c3ccc4cc(-n5c6ccc7ccccc7c6c6c7c8ccccc8n(-c8ccccc8)c7ccc65)ccc4c3)n2)cc1.c1ccc(-c2nc(-c3ccccc3)nc(-c3ccc4cc(-n5c6ccc7ccccc7c6c6c7c8ccccc8n(-c8ccccc8)c7ccc65)ccc4c3)n2)cc1. The van der Waals surface area contributed by atoms with Gasteiger partial charge in [-0.2, -0.15) is 0 Å². The van der Waals surface area contributed by atoms with Gasteiger partial charge in [0.25, 0.3) is 0 Å². The minimum absolute atomic E-state index is 0.640. The predicted octanol–water partition coefficient (Wildman–Crippen LogP) is 27.9. The van der Waals surface area contributed by atoms with E-state index in [1.54, 1.807) is 0 Å². The average molecular weight is 1530 g/mol. The Hall–Kier alpha value is -16.3. The standard InChI is InChI=1S/C57H35N5.C53H33N5/c1-3-15-38(16-4-1)55-58-56(42-25-23-36-13-7-8-17-39(36)33-42)60-57(59-55)43-26-24-41-35-45(29-27-40(41)34-43)62-49-30-28-37-14-9-10-20-46(37)52(49)54-51(62)32-31-50-53(54)47-21-11-12-22-48(47)61(50)44-18-5-2-6-19-44;1-4-15-35(16-5-1)51-54-52(36-17-6-2-7-18-36)56-53(55-51)39-25-24-38-33-41(28-26-37(38)32-39)58-45-29-27-34-14-10-11-21-42(34)48(45)50-47(58)31-30-46-49(50)43-22-12-13-23-44(43)57(46)40-19-8-3-9-20-40/h1-35H;1-33H. The Morgan fingerprint density at radius 2 is 0.375 bits per heavy atom. The second-order valence-corrected chi connectivity index (χ2v) is 30.9. The molecule has 10 nitrogen and oxygen atoms in total. The van der Waals surface area contributed by atoms with Crippen molar-refractivity contribution in [2.45, 2.75) is 0 Å². The molecule has 0 atom stereocenters. The highest BCUT2D eigenvalue weighted by atomic mass is 15.1. The van der Waals surface area contributed by atoms with Gasteiger partial charge in [0.1, 0.15) is 0 Å². The summed E-state index contributed by atoms with van der Waals surface area (Å²) in [5, 5.41) is 21.9. The molecule has 25 rings (SSSR count). The molecule has 0 spiro atoms. The topological polar surface area (TPSA) is 97.1 Å². The fraction of sp³-hybridized carbons (Fsp3) is 0. The molecule has 6 heterocycles. The number of rotatable bonds is 10. The van der Waals surface area contributed by atoms with Crippen LogP contribution < -0.4 is 0 Å². The molecule has 0 bridgehead atoms. The highest BCUT2D eigenvalue weighted by molar-refractivity contribution is 6.35. The van der Waals surface area contributed by atoms with Crippen molar-refractivity contribution in [3.63, 3.8) is 0 Å². The predicted molar refractivity (Wildman–Crippen MR) is 497 cm³/mol. The first-order valence-electron chi connectivity index (χ1n) is 40.6. The van der Waals surface area contributed by atoms with Crippen LogP contribution in [0.2, 0.25) is 0 Å². The number of hydrogen-bond donors (Lipinski definition) is 0. The summed E-state index contributed by atoms with van der Waals surface area (Å²) < 4.78 is 9.71. The van der Waals surface area contributed by atoms with Gasteiger partial charge >= 0.3 is 0 Å². The Morgan fingerprint density at radius 1 is 0.133 bits per heavy atom. The van der Waals surface area contributed by atoms with E-state index in [2.05, 4.69) is 352 Å². The summed E-state index contributed by atoms with van der Waals surface area (Å²) in [7, 11) is 0. The molecular weight excluding hydrogens is 1460 g/mol. The molecule has 120 heavy (non-hydrogen) atoms. The van der Waals surface area contributed by atoms with Crippen LogP contribution in [0.5, 0.6) is 0 Å². The van der Waals surface area contributed by atoms with E-state index in [1.165, 1.54) is 114 Å². The van der Waals surface area contributed by atoms with Gasteiger partial charge < -0.3 is 18.3 Å². The smallest absolute Gasteiger partial charge is 0.164 e. The van der Waals surface area contributed by atoms with Crippen LogP contribution in [0.15, 0.2) is 413 Å². The van der Waals surface area contributed by atoms with E-state index in [-0.39, 0.29) is 0 Å². The lowest BCUT2D eigenvalue weighted by atomic mass is 10.0. The minimum Gasteiger partial charge on any atom is -0.309 e. The van der Waals surface area contributed by atoms with Gasteiger partial charge in [0.15, 0.2) is 34.9 Å². The molecule has 0 aliphatic rings. The molecule has 0 fully saturated rings. The minimum atomic E-state index is 0.640. The molecule has 19 aromatic carbocycles. The van der Waals surface area contributed by atoms with Crippen molar-refractivity contribution in [2.75, 3.05) is 0 Å². The number of para-hydroxylation sites is 4. The largest absolute Gasteiger partial charge is 0.309 e. The zero-order valence-corrected chi connectivity index (χ0v) is 64.7. The summed E-state index contributed by atoms with van der Waals surface area (Å²) in [6.45, 7) is 0. The van der Waals surface area contributed by atoms with E-state index in [1.807, 2.05) is 78.9 Å². The van der Waals surface area contributed by atoms with Crippen LogP contribution in [0.1, 0.15) is 0 Å². The second-order valence-electron chi connectivity index (χ2n) is 30.9. The molecule has 0 aliphatic carbocycles. The second kappa shape index (κ2) is 27.7. The van der Waals surface area contributed by atoms with Crippen molar-refractivity contribution >= 4 is 141 Å². The summed E-state index contributed by atoms with van der Waals surface area (Å²) in [5.74, 6) is 3.89. The van der Waals surface area contributed by atoms with Crippen molar-refractivity contribution in [1.82, 2.24) is 48.2 Å². The molecule has 25 aromatic rings. The normalized spacial score (nSPS) is 11.8. The van der Waals surface area contributed by atoms with E-state index >= 15 is 0 Å². The van der Waals surface area contributed by atoms with Gasteiger partial charge in [-0.3, -0.25) is 0 Å². The van der Waals surface area contributed by atoms with Crippen molar-refractivity contribution in [3.8, 4) is 91.1 Å². The van der Waals surface area contributed by atoms with Gasteiger partial charge in [0.05, 0.1) is 44.1 Å². The van der Waals surface area contributed by atoms with Crippen molar-refractivity contribution in [2.24, 2.45) is 0 Å². The van der Waals surface area contributed by atoms with Crippen molar-refractivity contribution in [1.29, 1.82) is 0 Å². The molecule has 0 saturated heterocycles. The van der Waals surface area contributed by atoms with Gasteiger partial charge in [0, 0.05) is 99.2 Å². The lowest BCUT2D eigenvalue weighted by molar-refractivity contribution is 1.07. The molecule has 6 aromatic heterocycles. The summed E-state index contributed by atoms with van der Waals surface area (Å²) in [5.41, 5.74) is 19.7. The van der Waals surface area contributed by atoms with E-state index in [0.717, 1.165) is 83.1 Å². The third-order valence-corrected chi connectivity index (χ3v) is 24.0. The quantitative estimate of drug-likeness (QED) is 0.135. The monoisotopic (exact) mass is 1530 g/mol. The lowest BCUT2D eigenvalue weighted by Crippen LogP contribution is -2.00. The first kappa shape index (κ1) is 68.1. The Kier molecular flexibility index (Phi) is 15.7. The van der Waals surface area contributed by atoms with Crippen molar-refractivity contribution in [3.05, 3.63) is 413 Å². The van der Waals surface area contributed by atoms with Gasteiger partial charge in [-0.25, -0.2) is 29.9 Å². The number of fused-ring (bicyclic) bond motifs is 21. The van der Waals surface area contributed by atoms with Gasteiger partial charge in [0.2, 0.25) is 0 Å². The van der Waals surface area contributed by atoms with Crippen LogP contribution in [-0.4, -0.2) is 48.2 Å². The fourth-order valence-electron chi connectivity index (χ4n) is 18.6. The third-order valence-electron chi connectivity index (χ3n) is 24.0. The van der Waals surface area contributed by atoms with Gasteiger partial charge in [-0.05, 0) is 169 Å². The van der Waals surface area contributed by atoms with Crippen LogP contribution in [0, 0.1) is 0 Å². The molecular formula is C110H68N10. The van der Waals surface area contributed by atoms with Crippen LogP contribution in [-0.2, 0) is 0 Å². The maximum atomic E-state index is 5.10. The number of aromatic nitrogens is 10. The zero-order valence-electron chi connectivity index (χ0n) is 64.7. The summed E-state index contributed by atoms with van der Waals surface area (Å²) >= 11 is 0. The van der Waals surface area contributed by atoms with E-state index < -0.39 is 0 Å². The molecule has 10 heteroatoms. The fourth-order valence-corrected chi connectivity index (χ4v) is 18.6. The third kappa shape index (κ3) is 11.2. The van der Waals surface area contributed by atoms with Crippen LogP contribution in [0.3, 0.4) is 0 Å². The lowest BCUT2D eigenvalue weighted by Gasteiger charge is -2.12. The van der Waals surface area contributed by atoms with Gasteiger partial charge in [-0.1, -0.05) is 297 Å². The number of hydrogen-bond acceptors (Lipinski definition) is 6. The maximum Gasteiger partial charge on any atom is 0.164 e. The molecule has 0 amide bonds. The summed E-state index contributed by atoms with van der Waals surface area (Å²) in [4.78, 5) is 30.1. The Labute approximate surface area is 688 Å². The van der Waals surface area contributed by atoms with E-state index in [0.29, 0.717) is 34.9 Å². The molecule has 558 valence electrons. The summed E-state index contributed by atoms with van der Waals surface area (Å²) in [6, 6.07) is 147. The molecule has 0 saturated carbocycles. The van der Waals surface area contributed by atoms with Crippen LogP contribution >= 0.6 is 0 Å². The maximum absolute atomic E-state index is 5.10. The summed E-state index contributed by atoms with van der Waals surface area (Å²) in [6.07, 6.45) is 0. The Balaban J connectivity index is 0.000000137. The highest BCUT2D eigenvalue weighted by Crippen LogP contribution is 2.48. The van der Waals surface area contributed by atoms with Crippen molar-refractivity contribution < 1.29 is 0 Å². The van der Waals surface area contributed by atoms with Gasteiger partial charge in [-0.15, -0.1) is 0 Å². The molecule has 0 radical (unpaired) electrons. The van der Waals surface area contributed by atoms with E-state index in [4.69, 9.17) is 29.9 Å². The first-order valence-corrected chi connectivity index (χ1v) is 40.6. The zero-order chi connectivity index (χ0) is 78.9. The Morgan fingerprint density at radius 3 is 0.758 bits per heavy atom. The highest BCUT2D eigenvalue weighted by Gasteiger charge is 2.26. The Bertz CT molecular complexity index is 8400. The first-order chi connectivity index (χ1) is 59.5. The van der Waals surface area contributed by atoms with Crippen LogP contribution in [0.4, 0.5) is 0 Å². The number of benzene rings is 19. The molecule has 0 aliphatic heterocycles. The van der Waals surface area contributed by atoms with E-state index in [9.17, 15) is 0 Å². The molecule has 0 unspecified atom stereocenters. The average Bonchev–Trinajstić information content (AvgIpc) is 1.54. The van der Waals surface area contributed by atoms with Crippen LogP contribution in [0.25, 0.3) is 232 Å². The molecule has 0 N–H and O–H groups in total.